The van der Waals surface area contributed by atoms with Gasteiger partial charge in [-0.1, -0.05) is 48.5 Å². The van der Waals surface area contributed by atoms with E-state index in [-0.39, 0.29) is 17.0 Å². The number of hydrogen-bond acceptors (Lipinski definition) is 6. The van der Waals surface area contributed by atoms with Gasteiger partial charge < -0.3 is 15.1 Å². The van der Waals surface area contributed by atoms with Gasteiger partial charge in [0.15, 0.2) is 5.82 Å². The van der Waals surface area contributed by atoms with E-state index in [9.17, 15) is 9.18 Å². The van der Waals surface area contributed by atoms with Crippen LogP contribution in [0.5, 0.6) is 0 Å². The fourth-order valence-electron chi connectivity index (χ4n) is 5.17. The molecule has 0 radical (unpaired) electrons. The van der Waals surface area contributed by atoms with Crippen LogP contribution in [-0.4, -0.2) is 47.2 Å². The van der Waals surface area contributed by atoms with Crippen molar-refractivity contribution in [3.63, 3.8) is 0 Å². The number of carbonyl (C=O) groups excluding carboxylic acids is 1. The van der Waals surface area contributed by atoms with Crippen molar-refractivity contribution in [1.29, 1.82) is 0 Å². The van der Waals surface area contributed by atoms with E-state index in [4.69, 9.17) is 11.6 Å². The number of rotatable bonds is 7. The van der Waals surface area contributed by atoms with Crippen molar-refractivity contribution in [2.24, 2.45) is 0 Å². The number of likely N-dealkylation sites (tertiary alicyclic amines) is 1. The number of benzene rings is 2. The summed E-state index contributed by atoms with van der Waals surface area (Å²) in [6, 6.07) is 13.0. The zero-order valence-electron chi connectivity index (χ0n) is 21.1. The lowest BCUT2D eigenvalue weighted by molar-refractivity contribution is 0.0792. The highest BCUT2D eigenvalue weighted by Gasteiger charge is 2.28. The Bertz CT molecular complexity index is 1300. The Morgan fingerprint density at radius 2 is 1.97 bits per heavy atom. The van der Waals surface area contributed by atoms with Gasteiger partial charge in [-0.25, -0.2) is 4.39 Å². The first-order chi connectivity index (χ1) is 18.0. The molecule has 0 bridgehead atoms. The van der Waals surface area contributed by atoms with Crippen LogP contribution in [0.1, 0.15) is 59.8 Å². The van der Waals surface area contributed by atoms with Crippen LogP contribution < -0.4 is 10.2 Å². The Hall–Kier alpha value is -2.84. The summed E-state index contributed by atoms with van der Waals surface area (Å²) < 4.78 is 14.4. The number of amides is 1. The Morgan fingerprint density at radius 3 is 2.76 bits per heavy atom. The van der Waals surface area contributed by atoms with Crippen molar-refractivity contribution in [1.82, 2.24) is 15.1 Å². The maximum absolute atomic E-state index is 14.4. The summed E-state index contributed by atoms with van der Waals surface area (Å²) in [6.45, 7) is 7.24. The summed E-state index contributed by atoms with van der Waals surface area (Å²) in [6.07, 6.45) is 2.93. The minimum Gasteiger partial charge on any atom is -0.365 e. The zero-order valence-corrected chi connectivity index (χ0v) is 22.7. The van der Waals surface area contributed by atoms with Crippen molar-refractivity contribution in [2.75, 3.05) is 36.4 Å². The van der Waals surface area contributed by atoms with Crippen molar-refractivity contribution in [3.05, 3.63) is 75.6 Å². The fraction of sp³-hybridized carbons (Fsp3) is 0.393. The second-order valence-corrected chi connectivity index (χ2v) is 10.9. The summed E-state index contributed by atoms with van der Waals surface area (Å²) in [5.74, 6) is 1.10. The lowest BCUT2D eigenvalue weighted by Crippen LogP contribution is -2.37. The number of nitrogens with zero attached hydrogens (tertiary/aromatic N) is 4. The van der Waals surface area contributed by atoms with Crippen molar-refractivity contribution >= 4 is 40.8 Å². The molecule has 6 nitrogen and oxygen atoms in total. The minimum atomic E-state index is -0.398. The third kappa shape index (κ3) is 5.41. The number of nitrogens with one attached hydrogen (secondary N) is 1. The quantitative estimate of drug-likeness (QED) is 0.353. The number of aryl methyl sites for hydroxylation is 1. The lowest BCUT2D eigenvalue weighted by Gasteiger charge is -2.37. The fourth-order valence-corrected chi connectivity index (χ4v) is 6.30. The van der Waals surface area contributed by atoms with Gasteiger partial charge in [0.05, 0.1) is 16.8 Å². The summed E-state index contributed by atoms with van der Waals surface area (Å²) in [4.78, 5) is 16.9. The zero-order chi connectivity index (χ0) is 25.9. The van der Waals surface area contributed by atoms with E-state index >= 15 is 0 Å². The van der Waals surface area contributed by atoms with Crippen LogP contribution in [0.4, 0.5) is 15.9 Å². The highest BCUT2D eigenvalue weighted by Crippen LogP contribution is 2.39. The summed E-state index contributed by atoms with van der Waals surface area (Å²) in [5.41, 5.74) is 4.59. The van der Waals surface area contributed by atoms with Gasteiger partial charge in [-0.05, 0) is 67.1 Å². The average molecular weight is 540 g/mol. The van der Waals surface area contributed by atoms with Gasteiger partial charge >= 0.3 is 0 Å². The van der Waals surface area contributed by atoms with Crippen molar-refractivity contribution in [2.45, 2.75) is 49.9 Å². The highest BCUT2D eigenvalue weighted by atomic mass is 35.5. The molecule has 0 aliphatic carbocycles. The molecule has 2 aliphatic heterocycles. The van der Waals surface area contributed by atoms with Crippen molar-refractivity contribution < 1.29 is 9.18 Å². The van der Waals surface area contributed by atoms with Gasteiger partial charge in [-0.15, -0.1) is 10.2 Å². The van der Waals surface area contributed by atoms with Gasteiger partial charge in [0.25, 0.3) is 5.91 Å². The Labute approximate surface area is 226 Å². The average Bonchev–Trinajstić information content (AvgIpc) is 3.47. The lowest BCUT2D eigenvalue weighted by atomic mass is 9.97. The molecule has 1 N–H and O–H groups in total. The molecule has 1 fully saturated rings. The van der Waals surface area contributed by atoms with Gasteiger partial charge in [0.2, 0.25) is 0 Å². The number of anilines is 2. The van der Waals surface area contributed by atoms with E-state index in [0.717, 1.165) is 71.9 Å². The summed E-state index contributed by atoms with van der Waals surface area (Å²) >= 11 is 8.05. The molecule has 1 aromatic heterocycles. The van der Waals surface area contributed by atoms with E-state index in [1.807, 2.05) is 41.3 Å². The normalized spacial score (nSPS) is 15.9. The summed E-state index contributed by atoms with van der Waals surface area (Å²) in [7, 11) is 0. The SMILES string of the molecule is CCc1ccc(F)c(Cl)c1C(C)N1CCNc2nnc(SCc3cccc(C(=O)N4CCCC4)c3)cc21. The van der Waals surface area contributed by atoms with Crippen LogP contribution in [0, 0.1) is 5.82 Å². The number of halogens is 2. The van der Waals surface area contributed by atoms with Crippen LogP contribution in [0.3, 0.4) is 0 Å². The molecule has 5 rings (SSSR count). The molecular formula is C28H31ClFN5OS. The van der Waals surface area contributed by atoms with Crippen LogP contribution in [0.15, 0.2) is 47.5 Å². The van der Waals surface area contributed by atoms with E-state index in [0.29, 0.717) is 18.1 Å². The first-order valence-electron chi connectivity index (χ1n) is 12.8. The molecule has 0 spiro atoms. The second kappa shape index (κ2) is 11.3. The smallest absolute Gasteiger partial charge is 0.253 e. The number of hydrogen-bond donors (Lipinski definition) is 1. The molecule has 1 amide bonds. The molecule has 1 atom stereocenters. The minimum absolute atomic E-state index is 0.107. The molecule has 0 saturated carbocycles. The molecule has 3 aromatic rings. The Balaban J connectivity index is 1.35. The molecular weight excluding hydrogens is 509 g/mol. The molecule has 3 heterocycles. The van der Waals surface area contributed by atoms with Crippen molar-refractivity contribution in [3.8, 4) is 0 Å². The second-order valence-electron chi connectivity index (χ2n) is 9.49. The summed E-state index contributed by atoms with van der Waals surface area (Å²) in [5, 5.41) is 13.2. The van der Waals surface area contributed by atoms with Gasteiger partial charge in [-0.2, -0.15) is 0 Å². The van der Waals surface area contributed by atoms with Crippen LogP contribution in [0.2, 0.25) is 5.02 Å². The first-order valence-corrected chi connectivity index (χ1v) is 14.2. The largest absolute Gasteiger partial charge is 0.365 e. The van der Waals surface area contributed by atoms with Crippen LogP contribution in [0.25, 0.3) is 0 Å². The Morgan fingerprint density at radius 1 is 1.16 bits per heavy atom. The standard InChI is InChI=1S/C28H31ClFN5OS/c1-3-20-9-10-22(30)26(29)25(20)18(2)35-14-11-31-27-23(35)16-24(32-33-27)37-17-19-7-6-8-21(15-19)28(36)34-12-4-5-13-34/h6-10,15-16,18H,3-5,11-14,17H2,1-2H3,(H,31,33). The third-order valence-electron chi connectivity index (χ3n) is 7.15. The maximum atomic E-state index is 14.4. The van der Waals surface area contributed by atoms with Gasteiger partial charge in [0, 0.05) is 37.5 Å². The number of thioether (sulfide) groups is 1. The Kier molecular flexibility index (Phi) is 7.86. The topological polar surface area (TPSA) is 61.4 Å². The molecule has 1 unspecified atom stereocenters. The predicted octanol–water partition coefficient (Wildman–Crippen LogP) is 6.35. The number of fused-ring (bicyclic) bond motifs is 1. The molecule has 9 heteroatoms. The predicted molar refractivity (Wildman–Crippen MR) is 148 cm³/mol. The van der Waals surface area contributed by atoms with E-state index in [2.05, 4.69) is 34.3 Å². The highest BCUT2D eigenvalue weighted by molar-refractivity contribution is 7.98. The molecule has 1 saturated heterocycles. The third-order valence-corrected chi connectivity index (χ3v) is 8.51. The van der Waals surface area contributed by atoms with Crippen LogP contribution >= 0.6 is 23.4 Å². The van der Waals surface area contributed by atoms with E-state index in [1.54, 1.807) is 11.8 Å². The molecule has 37 heavy (non-hydrogen) atoms. The number of aromatic nitrogens is 2. The van der Waals surface area contributed by atoms with Gasteiger partial charge in [-0.3, -0.25) is 4.79 Å². The van der Waals surface area contributed by atoms with Crippen LogP contribution in [-0.2, 0) is 12.2 Å². The maximum Gasteiger partial charge on any atom is 0.253 e. The van der Waals surface area contributed by atoms with E-state index in [1.165, 1.54) is 6.07 Å². The molecule has 194 valence electrons. The number of carbonyl (C=O) groups is 1. The molecule has 2 aromatic carbocycles. The molecule has 2 aliphatic rings. The van der Waals surface area contributed by atoms with E-state index < -0.39 is 5.82 Å². The van der Waals surface area contributed by atoms with Gasteiger partial charge in [0.1, 0.15) is 10.8 Å². The first kappa shape index (κ1) is 25.8. The monoisotopic (exact) mass is 539 g/mol.